The molecule has 24 heavy (non-hydrogen) atoms. The van der Waals surface area contributed by atoms with E-state index in [-0.39, 0.29) is 43.6 Å². The maximum atomic E-state index is 13.3. The van der Waals surface area contributed by atoms with Crippen molar-refractivity contribution in [3.63, 3.8) is 0 Å². The van der Waals surface area contributed by atoms with E-state index in [1.165, 1.54) is 0 Å². The summed E-state index contributed by atoms with van der Waals surface area (Å²) in [6.45, 7) is 0.671. The quantitative estimate of drug-likeness (QED) is 0.850. The molecule has 1 saturated heterocycles. The van der Waals surface area contributed by atoms with Crippen molar-refractivity contribution in [2.75, 3.05) is 25.5 Å². The Balaban J connectivity index is 1.73. The number of hydrogen-bond donors (Lipinski definition) is 0. The van der Waals surface area contributed by atoms with E-state index in [1.807, 2.05) is 23.9 Å². The summed E-state index contributed by atoms with van der Waals surface area (Å²) in [5.41, 5.74) is 0.785. The molecule has 0 bridgehead atoms. The molecule has 1 aliphatic carbocycles. The lowest BCUT2D eigenvalue weighted by atomic mass is 9.85. The van der Waals surface area contributed by atoms with Gasteiger partial charge in [0.05, 0.1) is 24.1 Å². The average molecular weight is 338 g/mol. The zero-order valence-electron chi connectivity index (χ0n) is 14.2. The molecule has 7 heteroatoms. The van der Waals surface area contributed by atoms with E-state index in [2.05, 4.69) is 9.97 Å². The Morgan fingerprint density at radius 2 is 1.96 bits per heavy atom. The van der Waals surface area contributed by atoms with E-state index < -0.39 is 5.92 Å². The van der Waals surface area contributed by atoms with Crippen LogP contribution in [0.3, 0.4) is 0 Å². The first-order valence-electron chi connectivity index (χ1n) is 8.55. The molecule has 1 amide bonds. The highest BCUT2D eigenvalue weighted by atomic mass is 19.3. The minimum atomic E-state index is -2.60. The molecule has 2 heterocycles. The molecule has 132 valence electrons. The van der Waals surface area contributed by atoms with Crippen molar-refractivity contribution in [3.8, 4) is 0 Å². The third-order valence-electron chi connectivity index (χ3n) is 5.04. The van der Waals surface area contributed by atoms with E-state index in [4.69, 9.17) is 0 Å². The number of nitrogens with zero attached hydrogens (tertiary/aromatic N) is 4. The number of alkyl halides is 2. The summed E-state index contributed by atoms with van der Waals surface area (Å²) in [5, 5.41) is 0. The highest BCUT2D eigenvalue weighted by Crippen LogP contribution is 2.39. The minimum Gasteiger partial charge on any atom is -0.361 e. The maximum absolute atomic E-state index is 13.3. The lowest BCUT2D eigenvalue weighted by molar-refractivity contribution is -0.140. The van der Waals surface area contributed by atoms with Gasteiger partial charge in [0.2, 0.25) is 11.8 Å². The summed E-state index contributed by atoms with van der Waals surface area (Å²) < 4.78 is 26.7. The predicted octanol–water partition coefficient (Wildman–Crippen LogP) is 3.03. The number of aromatic nitrogens is 2. The largest absolute Gasteiger partial charge is 0.361 e. The maximum Gasteiger partial charge on any atom is 0.248 e. The van der Waals surface area contributed by atoms with Gasteiger partial charge in [-0.1, -0.05) is 0 Å². The Kier molecular flexibility index (Phi) is 4.69. The summed E-state index contributed by atoms with van der Waals surface area (Å²) in [5.74, 6) is -2.13. The smallest absolute Gasteiger partial charge is 0.248 e. The van der Waals surface area contributed by atoms with Crippen LogP contribution in [0.4, 0.5) is 14.6 Å². The minimum absolute atomic E-state index is 0.00468. The normalized spacial score (nSPS) is 24.2. The first kappa shape index (κ1) is 17.0. The zero-order valence-corrected chi connectivity index (χ0v) is 14.2. The fourth-order valence-corrected chi connectivity index (χ4v) is 3.61. The average Bonchev–Trinajstić information content (AvgIpc) is 3.04. The number of carbonyl (C=O) groups is 1. The van der Waals surface area contributed by atoms with E-state index in [9.17, 15) is 13.6 Å². The van der Waals surface area contributed by atoms with Gasteiger partial charge in [0.15, 0.2) is 0 Å². The van der Waals surface area contributed by atoms with Crippen LogP contribution in [0.15, 0.2) is 12.4 Å². The molecule has 0 radical (unpaired) electrons. The molecule has 0 unspecified atom stereocenters. The number of rotatable bonds is 3. The second kappa shape index (κ2) is 6.61. The number of halogens is 2. The molecule has 5 nitrogen and oxygen atoms in total. The Bertz CT molecular complexity index is 598. The Morgan fingerprint density at radius 1 is 1.25 bits per heavy atom. The van der Waals surface area contributed by atoms with Gasteiger partial charge >= 0.3 is 0 Å². The van der Waals surface area contributed by atoms with Gasteiger partial charge in [-0.25, -0.2) is 13.8 Å². The number of amides is 1. The van der Waals surface area contributed by atoms with Gasteiger partial charge in [-0.05, 0) is 25.7 Å². The summed E-state index contributed by atoms with van der Waals surface area (Å²) in [4.78, 5) is 25.4. The molecular weight excluding hydrogens is 314 g/mol. The second-order valence-corrected chi connectivity index (χ2v) is 7.02. The van der Waals surface area contributed by atoms with Gasteiger partial charge in [0, 0.05) is 39.4 Å². The molecule has 1 aromatic rings. The summed E-state index contributed by atoms with van der Waals surface area (Å²) >= 11 is 0. The Morgan fingerprint density at radius 3 is 2.62 bits per heavy atom. The summed E-state index contributed by atoms with van der Waals surface area (Å²) in [6, 6.07) is -0.0904. The summed E-state index contributed by atoms with van der Waals surface area (Å²) in [6.07, 6.45) is 5.34. The molecule has 0 spiro atoms. The van der Waals surface area contributed by atoms with Crippen LogP contribution in [0.1, 0.15) is 50.3 Å². The Hall–Kier alpha value is -1.79. The van der Waals surface area contributed by atoms with E-state index >= 15 is 0 Å². The van der Waals surface area contributed by atoms with E-state index in [1.54, 1.807) is 12.4 Å². The van der Waals surface area contributed by atoms with Crippen LogP contribution in [0, 0.1) is 5.92 Å². The van der Waals surface area contributed by atoms with Crippen LogP contribution in [0.2, 0.25) is 0 Å². The lowest BCUT2D eigenvalue weighted by Crippen LogP contribution is -2.39. The molecule has 0 aromatic carbocycles. The molecule has 0 N–H and O–H groups in total. The number of carbonyl (C=O) groups excluding carboxylic acids is 1. The van der Waals surface area contributed by atoms with Crippen LogP contribution in [-0.2, 0) is 4.79 Å². The molecule has 3 rings (SSSR count). The fraction of sp³-hybridized carbons (Fsp3) is 0.706. The fourth-order valence-electron chi connectivity index (χ4n) is 3.61. The molecule has 1 atom stereocenters. The van der Waals surface area contributed by atoms with E-state index in [0.29, 0.717) is 6.54 Å². The molecular formula is C17H24F2N4O. The van der Waals surface area contributed by atoms with Crippen molar-refractivity contribution in [1.82, 2.24) is 14.9 Å². The number of hydrogen-bond acceptors (Lipinski definition) is 4. The van der Waals surface area contributed by atoms with Crippen molar-refractivity contribution < 1.29 is 13.6 Å². The topological polar surface area (TPSA) is 49.3 Å². The van der Waals surface area contributed by atoms with Gasteiger partial charge < -0.3 is 9.80 Å². The first-order chi connectivity index (χ1) is 11.4. The van der Waals surface area contributed by atoms with Crippen LogP contribution in [0.5, 0.6) is 0 Å². The van der Waals surface area contributed by atoms with Crippen LogP contribution in [0.25, 0.3) is 0 Å². The monoisotopic (exact) mass is 338 g/mol. The van der Waals surface area contributed by atoms with Gasteiger partial charge in [-0.2, -0.15) is 0 Å². The van der Waals surface area contributed by atoms with Gasteiger partial charge in [0.1, 0.15) is 5.82 Å². The SMILES string of the molecule is CN(C)c1cncc([C@H]2CCCN2C(=O)C2CCC(F)(F)CC2)n1. The van der Waals surface area contributed by atoms with Crippen molar-refractivity contribution >= 4 is 11.7 Å². The van der Waals surface area contributed by atoms with E-state index in [0.717, 1.165) is 24.4 Å². The second-order valence-electron chi connectivity index (χ2n) is 7.02. The van der Waals surface area contributed by atoms with Gasteiger partial charge in [-0.15, -0.1) is 0 Å². The predicted molar refractivity (Wildman–Crippen MR) is 87.0 cm³/mol. The third kappa shape index (κ3) is 3.49. The zero-order chi connectivity index (χ0) is 17.3. The first-order valence-corrected chi connectivity index (χ1v) is 8.55. The summed E-state index contributed by atoms with van der Waals surface area (Å²) in [7, 11) is 3.79. The number of anilines is 1. The molecule has 1 aliphatic heterocycles. The Labute approximate surface area is 141 Å². The standard InChI is InChI=1S/C17H24F2N4O/c1-22(2)15-11-20-10-13(21-15)14-4-3-9-23(14)16(24)12-5-7-17(18,19)8-6-12/h10-12,14H,3-9H2,1-2H3/t14-/m1/s1. The van der Waals surface area contributed by atoms with Crippen molar-refractivity contribution in [2.24, 2.45) is 5.92 Å². The van der Waals surface area contributed by atoms with Crippen LogP contribution in [-0.4, -0.2) is 47.3 Å². The molecule has 1 saturated carbocycles. The van der Waals surface area contributed by atoms with Gasteiger partial charge in [-0.3, -0.25) is 9.78 Å². The number of likely N-dealkylation sites (tertiary alicyclic amines) is 1. The highest BCUT2D eigenvalue weighted by Gasteiger charge is 2.41. The highest BCUT2D eigenvalue weighted by molar-refractivity contribution is 5.79. The molecule has 2 fully saturated rings. The van der Waals surface area contributed by atoms with Crippen molar-refractivity contribution in [1.29, 1.82) is 0 Å². The molecule has 1 aromatic heterocycles. The molecule has 2 aliphatic rings. The third-order valence-corrected chi connectivity index (χ3v) is 5.04. The van der Waals surface area contributed by atoms with Crippen LogP contribution >= 0.6 is 0 Å². The van der Waals surface area contributed by atoms with Crippen LogP contribution < -0.4 is 4.90 Å². The van der Waals surface area contributed by atoms with Crippen molar-refractivity contribution in [2.45, 2.75) is 50.5 Å². The lowest BCUT2D eigenvalue weighted by Gasteiger charge is -2.32. The van der Waals surface area contributed by atoms with Crippen molar-refractivity contribution in [3.05, 3.63) is 18.1 Å². The van der Waals surface area contributed by atoms with Gasteiger partial charge in [0.25, 0.3) is 0 Å².